The van der Waals surface area contributed by atoms with Crippen LogP contribution in [0.5, 0.6) is 6.01 Å². The zero-order valence-electron chi connectivity index (χ0n) is 9.48. The van der Waals surface area contributed by atoms with Crippen molar-refractivity contribution >= 4 is 23.2 Å². The molecule has 0 fully saturated rings. The molecule has 0 spiro atoms. The number of anilines is 1. The summed E-state index contributed by atoms with van der Waals surface area (Å²) >= 11 is 1.49. The fourth-order valence-corrected chi connectivity index (χ4v) is 2.09. The van der Waals surface area contributed by atoms with Gasteiger partial charge in [-0.2, -0.15) is 16.3 Å². The lowest BCUT2D eigenvalue weighted by Gasteiger charge is -1.99. The number of thiophene rings is 1. The molecule has 0 unspecified atom stereocenters. The molecule has 0 aliphatic heterocycles. The Morgan fingerprint density at radius 2 is 2.41 bits per heavy atom. The Labute approximate surface area is 102 Å². The van der Waals surface area contributed by atoms with Crippen LogP contribution >= 0.6 is 11.3 Å². The Bertz CT molecular complexity index is 520. The smallest absolute Gasteiger partial charge is 0.337 e. The molecule has 0 saturated heterocycles. The normalized spacial score (nSPS) is 10.2. The number of nitrogens with zero attached hydrogens (tertiary/aromatic N) is 2. The molecule has 0 radical (unpaired) electrons. The molecule has 0 atom stereocenters. The summed E-state index contributed by atoms with van der Waals surface area (Å²) in [6, 6.07) is 0.227. The van der Waals surface area contributed by atoms with Crippen LogP contribution in [-0.2, 0) is 0 Å². The second-order valence-corrected chi connectivity index (χ2v) is 4.07. The van der Waals surface area contributed by atoms with E-state index < -0.39 is 0 Å². The van der Waals surface area contributed by atoms with Crippen LogP contribution in [-0.4, -0.2) is 27.7 Å². The molecular formula is C10H12N4O2S. The first-order valence-corrected chi connectivity index (χ1v) is 6.04. The highest BCUT2D eigenvalue weighted by Crippen LogP contribution is 2.15. The van der Waals surface area contributed by atoms with Gasteiger partial charge in [0.25, 0.3) is 5.91 Å². The number of H-pyrrole nitrogens is 1. The van der Waals surface area contributed by atoms with E-state index in [2.05, 4.69) is 20.5 Å². The highest BCUT2D eigenvalue weighted by atomic mass is 32.1. The molecule has 2 heterocycles. The highest BCUT2D eigenvalue weighted by Gasteiger charge is 2.12. The van der Waals surface area contributed by atoms with E-state index in [4.69, 9.17) is 4.74 Å². The zero-order valence-corrected chi connectivity index (χ0v) is 10.3. The SMILES string of the molecule is CCOc1n[nH]c(NC(=O)c2cscc2C)n1. The standard InChI is InChI=1S/C10H12N4O2S/c1-3-16-10-12-9(13-14-10)11-8(15)7-5-17-4-6(7)2/h4-5H,3H2,1-2H3,(H2,11,12,13,14,15). The minimum Gasteiger partial charge on any atom is -0.463 e. The summed E-state index contributed by atoms with van der Waals surface area (Å²) in [6.07, 6.45) is 0. The number of hydrogen-bond donors (Lipinski definition) is 2. The van der Waals surface area contributed by atoms with Crippen LogP contribution in [0.25, 0.3) is 0 Å². The molecule has 0 aliphatic rings. The van der Waals surface area contributed by atoms with E-state index in [0.29, 0.717) is 12.2 Å². The van der Waals surface area contributed by atoms with Crippen LogP contribution in [0.4, 0.5) is 5.95 Å². The van der Waals surface area contributed by atoms with Gasteiger partial charge in [0.15, 0.2) is 0 Å². The molecule has 1 amide bonds. The van der Waals surface area contributed by atoms with Crippen molar-refractivity contribution in [2.24, 2.45) is 0 Å². The number of carbonyl (C=O) groups excluding carboxylic acids is 1. The van der Waals surface area contributed by atoms with Crippen molar-refractivity contribution in [3.63, 3.8) is 0 Å². The number of rotatable bonds is 4. The average Bonchev–Trinajstić information content (AvgIpc) is 2.88. The van der Waals surface area contributed by atoms with Gasteiger partial charge in [-0.1, -0.05) is 0 Å². The zero-order chi connectivity index (χ0) is 12.3. The largest absolute Gasteiger partial charge is 0.463 e. The lowest BCUT2D eigenvalue weighted by Crippen LogP contribution is -2.13. The molecule has 0 saturated carbocycles. The van der Waals surface area contributed by atoms with Crippen molar-refractivity contribution in [2.45, 2.75) is 13.8 Å². The molecule has 90 valence electrons. The van der Waals surface area contributed by atoms with E-state index in [0.717, 1.165) is 5.56 Å². The van der Waals surface area contributed by atoms with Crippen LogP contribution in [0.1, 0.15) is 22.8 Å². The third-order valence-corrected chi connectivity index (χ3v) is 2.93. The van der Waals surface area contributed by atoms with E-state index >= 15 is 0 Å². The molecule has 2 aromatic rings. The third kappa shape index (κ3) is 2.62. The number of nitrogens with one attached hydrogen (secondary N) is 2. The minimum atomic E-state index is -0.206. The van der Waals surface area contributed by atoms with Crippen molar-refractivity contribution < 1.29 is 9.53 Å². The third-order valence-electron chi connectivity index (χ3n) is 2.07. The summed E-state index contributed by atoms with van der Waals surface area (Å²) in [6.45, 7) is 4.20. The number of carbonyl (C=O) groups is 1. The number of aromatic nitrogens is 3. The molecule has 2 aromatic heterocycles. The summed E-state index contributed by atoms with van der Waals surface area (Å²) < 4.78 is 5.08. The maximum atomic E-state index is 11.8. The monoisotopic (exact) mass is 252 g/mol. The molecule has 0 bridgehead atoms. The van der Waals surface area contributed by atoms with Gasteiger partial charge in [0.05, 0.1) is 12.2 Å². The van der Waals surface area contributed by atoms with Gasteiger partial charge in [-0.25, -0.2) is 5.10 Å². The Kier molecular flexibility index (Phi) is 3.38. The quantitative estimate of drug-likeness (QED) is 0.869. The summed E-state index contributed by atoms with van der Waals surface area (Å²) in [4.78, 5) is 15.8. The van der Waals surface area contributed by atoms with Gasteiger partial charge in [0.1, 0.15) is 0 Å². The van der Waals surface area contributed by atoms with Crippen LogP contribution in [0.3, 0.4) is 0 Å². The predicted molar refractivity (Wildman–Crippen MR) is 64.6 cm³/mol. The Hall–Kier alpha value is -1.89. The first-order valence-electron chi connectivity index (χ1n) is 5.10. The van der Waals surface area contributed by atoms with Crippen molar-refractivity contribution in [1.82, 2.24) is 15.2 Å². The Balaban J connectivity index is 2.05. The molecular weight excluding hydrogens is 240 g/mol. The first-order chi connectivity index (χ1) is 8.20. The Morgan fingerprint density at radius 1 is 1.59 bits per heavy atom. The first kappa shape index (κ1) is 11.6. The lowest BCUT2D eigenvalue weighted by molar-refractivity contribution is 0.102. The van der Waals surface area contributed by atoms with E-state index in [1.165, 1.54) is 11.3 Å². The predicted octanol–water partition coefficient (Wildman–Crippen LogP) is 1.83. The summed E-state index contributed by atoms with van der Waals surface area (Å²) in [5.41, 5.74) is 1.58. The van der Waals surface area contributed by atoms with Crippen molar-refractivity contribution in [3.8, 4) is 6.01 Å². The topological polar surface area (TPSA) is 79.9 Å². The second kappa shape index (κ2) is 4.96. The number of aromatic amines is 1. The average molecular weight is 252 g/mol. The molecule has 0 aliphatic carbocycles. The lowest BCUT2D eigenvalue weighted by atomic mass is 10.2. The summed E-state index contributed by atoms with van der Waals surface area (Å²) in [5.74, 6) is 0.0759. The molecule has 17 heavy (non-hydrogen) atoms. The second-order valence-electron chi connectivity index (χ2n) is 3.32. The summed E-state index contributed by atoms with van der Waals surface area (Å²) in [5, 5.41) is 12.7. The van der Waals surface area contributed by atoms with Gasteiger partial charge in [-0.3, -0.25) is 10.1 Å². The fraction of sp³-hybridized carbons (Fsp3) is 0.300. The number of amides is 1. The minimum absolute atomic E-state index is 0.206. The molecule has 6 nitrogen and oxygen atoms in total. The van der Waals surface area contributed by atoms with Gasteiger partial charge in [-0.05, 0) is 24.8 Å². The van der Waals surface area contributed by atoms with Crippen molar-refractivity contribution in [1.29, 1.82) is 0 Å². The maximum Gasteiger partial charge on any atom is 0.337 e. The van der Waals surface area contributed by atoms with Gasteiger partial charge in [0, 0.05) is 5.38 Å². The van der Waals surface area contributed by atoms with Crippen molar-refractivity contribution in [3.05, 3.63) is 21.9 Å². The van der Waals surface area contributed by atoms with Crippen molar-refractivity contribution in [2.75, 3.05) is 11.9 Å². The van der Waals surface area contributed by atoms with Crippen LogP contribution in [0.15, 0.2) is 10.8 Å². The van der Waals surface area contributed by atoms with E-state index in [1.807, 2.05) is 19.2 Å². The van der Waals surface area contributed by atoms with Crippen LogP contribution in [0, 0.1) is 6.92 Å². The molecule has 7 heteroatoms. The van der Waals surface area contributed by atoms with Gasteiger partial charge in [0.2, 0.25) is 5.95 Å². The van der Waals surface area contributed by atoms with E-state index in [1.54, 1.807) is 5.38 Å². The highest BCUT2D eigenvalue weighted by molar-refractivity contribution is 7.08. The van der Waals surface area contributed by atoms with E-state index in [9.17, 15) is 4.79 Å². The number of ether oxygens (including phenoxy) is 1. The molecule has 0 aromatic carbocycles. The van der Waals surface area contributed by atoms with Gasteiger partial charge >= 0.3 is 6.01 Å². The van der Waals surface area contributed by atoms with Crippen LogP contribution < -0.4 is 10.1 Å². The van der Waals surface area contributed by atoms with Crippen LogP contribution in [0.2, 0.25) is 0 Å². The maximum absolute atomic E-state index is 11.8. The van der Waals surface area contributed by atoms with E-state index in [-0.39, 0.29) is 17.9 Å². The fourth-order valence-electron chi connectivity index (χ4n) is 1.26. The van der Waals surface area contributed by atoms with Gasteiger partial charge < -0.3 is 4.74 Å². The summed E-state index contributed by atoms with van der Waals surface area (Å²) in [7, 11) is 0. The molecule has 2 rings (SSSR count). The Morgan fingerprint density at radius 3 is 3.06 bits per heavy atom. The number of aryl methyl sites for hydroxylation is 1. The molecule has 2 N–H and O–H groups in total. The van der Waals surface area contributed by atoms with Gasteiger partial charge in [-0.15, -0.1) is 5.10 Å². The number of hydrogen-bond acceptors (Lipinski definition) is 5.